The van der Waals surface area contributed by atoms with Gasteiger partial charge in [-0.2, -0.15) is 0 Å². The van der Waals surface area contributed by atoms with Crippen molar-refractivity contribution < 1.29 is 29.9 Å². The molecule has 0 aliphatic rings. The van der Waals surface area contributed by atoms with Crippen LogP contribution in [0.3, 0.4) is 0 Å². The summed E-state index contributed by atoms with van der Waals surface area (Å²) in [6, 6.07) is 0. The molecule has 0 bridgehead atoms. The summed E-state index contributed by atoms with van der Waals surface area (Å²) in [6.07, 6.45) is 0. The molecule has 0 aromatic rings. The van der Waals surface area contributed by atoms with Gasteiger partial charge in [-0.05, 0) is 0 Å². The van der Waals surface area contributed by atoms with Crippen LogP contribution >= 0.6 is 8.18 Å². The van der Waals surface area contributed by atoms with E-state index in [0.717, 1.165) is 0 Å². The summed E-state index contributed by atoms with van der Waals surface area (Å²) in [7, 11) is -2.63. The second-order valence-electron chi connectivity index (χ2n) is 0.338. The van der Waals surface area contributed by atoms with Crippen molar-refractivity contribution in [1.29, 1.82) is 0 Å². The van der Waals surface area contributed by atoms with Crippen LogP contribution in [0.5, 0.6) is 0 Å². The topological polar surface area (TPSA) is 63.3 Å². The maximum absolute atomic E-state index is 8.96. The fourth-order valence-corrected chi connectivity index (χ4v) is 0. The van der Waals surface area contributed by atoms with Crippen LogP contribution in [0.4, 0.5) is 0 Å². The van der Waals surface area contributed by atoms with E-state index in [-0.39, 0.29) is 20.4 Å². The molecule has 1 unspecified atom stereocenters. The van der Waals surface area contributed by atoms with Crippen molar-refractivity contribution in [3.63, 3.8) is 0 Å². The van der Waals surface area contributed by atoms with Crippen molar-refractivity contribution in [2.75, 3.05) is 0 Å². The fourth-order valence-electron chi connectivity index (χ4n) is 0. The van der Waals surface area contributed by atoms with Crippen LogP contribution in [0.1, 0.15) is 0 Å². The van der Waals surface area contributed by atoms with E-state index < -0.39 is 8.18 Å². The van der Waals surface area contributed by atoms with Crippen molar-refractivity contribution in [2.24, 2.45) is 5.50 Å². The van der Waals surface area contributed by atoms with Gasteiger partial charge >= 0.3 is 0 Å². The van der Waals surface area contributed by atoms with Crippen LogP contribution in [0, 0.1) is 0 Å². The summed E-state index contributed by atoms with van der Waals surface area (Å²) in [6.45, 7) is 0. The summed E-state index contributed by atoms with van der Waals surface area (Å²) in [5.41, 5.74) is 4.21. The van der Waals surface area contributed by atoms with E-state index in [2.05, 4.69) is 5.50 Å². The SMILES string of the molecule is N[PH](=O)O.[Pd]. The first-order chi connectivity index (χ1) is 1.73. The second kappa shape index (κ2) is 4.81. The van der Waals surface area contributed by atoms with Crippen LogP contribution in [0.25, 0.3) is 0 Å². The molecule has 3 nitrogen and oxygen atoms in total. The molecule has 0 aromatic heterocycles. The molecule has 0 aromatic carbocycles. The zero-order valence-corrected chi connectivity index (χ0v) is 4.80. The van der Waals surface area contributed by atoms with Crippen LogP contribution in [0.15, 0.2) is 0 Å². The summed E-state index contributed by atoms with van der Waals surface area (Å²) in [4.78, 5) is 7.38. The monoisotopic (exact) mass is 187 g/mol. The van der Waals surface area contributed by atoms with Crippen molar-refractivity contribution in [2.45, 2.75) is 0 Å². The molecule has 5 heavy (non-hydrogen) atoms. The Kier molecular flexibility index (Phi) is 8.91. The molecule has 0 spiro atoms. The molecule has 36 valence electrons. The van der Waals surface area contributed by atoms with Crippen LogP contribution < -0.4 is 5.50 Å². The Hall–Kier alpha value is 0.812. The van der Waals surface area contributed by atoms with Gasteiger partial charge in [-0.25, -0.2) is 0 Å². The number of hydrogen-bond acceptors (Lipinski definition) is 1. The molecular formula is H4NO2PPd. The van der Waals surface area contributed by atoms with Gasteiger partial charge in [0, 0.05) is 20.4 Å². The van der Waals surface area contributed by atoms with Crippen molar-refractivity contribution >= 4 is 8.18 Å². The summed E-state index contributed by atoms with van der Waals surface area (Å²) in [5.74, 6) is 0. The summed E-state index contributed by atoms with van der Waals surface area (Å²) >= 11 is 0. The van der Waals surface area contributed by atoms with Gasteiger partial charge in [0.2, 0.25) is 0 Å². The Morgan fingerprint density at radius 2 is 1.80 bits per heavy atom. The van der Waals surface area contributed by atoms with E-state index >= 15 is 0 Å². The Balaban J connectivity index is 0. The van der Waals surface area contributed by atoms with Crippen molar-refractivity contribution in [1.82, 2.24) is 0 Å². The van der Waals surface area contributed by atoms with Gasteiger partial charge in [-0.1, -0.05) is 0 Å². The van der Waals surface area contributed by atoms with E-state index in [4.69, 9.17) is 9.46 Å². The maximum atomic E-state index is 8.96. The van der Waals surface area contributed by atoms with E-state index in [1.165, 1.54) is 0 Å². The van der Waals surface area contributed by atoms with E-state index in [0.29, 0.717) is 0 Å². The Labute approximate surface area is 44.1 Å². The largest absolute Gasteiger partial charge is 0.336 e. The molecule has 0 aliphatic heterocycles. The predicted octanol–water partition coefficient (Wildman–Crippen LogP) is -0.675. The molecule has 0 heterocycles. The average Bonchev–Trinajstić information content (AvgIpc) is 0.811. The van der Waals surface area contributed by atoms with Gasteiger partial charge in [-0.15, -0.1) is 0 Å². The normalized spacial score (nSPS) is 12.4. The van der Waals surface area contributed by atoms with E-state index in [1.807, 2.05) is 0 Å². The first-order valence-corrected chi connectivity index (χ1v) is 2.15. The van der Waals surface area contributed by atoms with Gasteiger partial charge in [0.15, 0.2) is 0 Å². The first kappa shape index (κ1) is 9.26. The molecule has 1 atom stereocenters. The van der Waals surface area contributed by atoms with Crippen molar-refractivity contribution in [3.05, 3.63) is 0 Å². The molecule has 0 saturated heterocycles. The third-order valence-corrected chi connectivity index (χ3v) is 0. The minimum atomic E-state index is -2.63. The molecule has 5 heteroatoms. The van der Waals surface area contributed by atoms with Gasteiger partial charge in [0.1, 0.15) is 0 Å². The smallest absolute Gasteiger partial charge is 0.253 e. The fraction of sp³-hybridized carbons (Fsp3) is 0. The number of rotatable bonds is 0. The van der Waals surface area contributed by atoms with Gasteiger partial charge in [0.05, 0.1) is 0 Å². The van der Waals surface area contributed by atoms with Crippen molar-refractivity contribution in [3.8, 4) is 0 Å². The van der Waals surface area contributed by atoms with Gasteiger partial charge in [0.25, 0.3) is 8.18 Å². The van der Waals surface area contributed by atoms with Gasteiger partial charge in [-0.3, -0.25) is 10.1 Å². The Morgan fingerprint density at radius 1 is 1.80 bits per heavy atom. The molecule has 0 saturated carbocycles. The molecule has 0 fully saturated rings. The van der Waals surface area contributed by atoms with E-state index in [1.54, 1.807) is 0 Å². The molecular weight excluding hydrogens is 183 g/mol. The second-order valence-corrected chi connectivity index (χ2v) is 1.01. The minimum absolute atomic E-state index is 0. The van der Waals surface area contributed by atoms with Crippen LogP contribution in [0.2, 0.25) is 0 Å². The zero-order chi connectivity index (χ0) is 3.58. The molecule has 0 aliphatic carbocycles. The van der Waals surface area contributed by atoms with Crippen LogP contribution in [-0.4, -0.2) is 4.89 Å². The summed E-state index contributed by atoms with van der Waals surface area (Å²) in [5, 5.41) is 0. The minimum Gasteiger partial charge on any atom is -0.336 e. The first-order valence-electron chi connectivity index (χ1n) is 0.716. The Morgan fingerprint density at radius 3 is 1.80 bits per heavy atom. The molecule has 0 rings (SSSR count). The third-order valence-electron chi connectivity index (χ3n) is 0. The predicted molar refractivity (Wildman–Crippen MR) is 15.4 cm³/mol. The van der Waals surface area contributed by atoms with E-state index in [9.17, 15) is 0 Å². The zero-order valence-electron chi connectivity index (χ0n) is 2.25. The van der Waals surface area contributed by atoms with Crippen LogP contribution in [-0.2, 0) is 25.0 Å². The Bertz CT molecular complexity index is 32.6. The number of nitrogens with two attached hydrogens (primary N) is 1. The standard InChI is InChI=1S/H4NO2P.Pd/c1-4(2)3;/h4H,(H3,1,2,3);. The number of hydrogen-bond donors (Lipinski definition) is 2. The molecule has 0 radical (unpaired) electrons. The quantitative estimate of drug-likeness (QED) is 0.390. The maximum Gasteiger partial charge on any atom is 0.253 e. The van der Waals surface area contributed by atoms with Gasteiger partial charge < -0.3 is 4.89 Å². The molecule has 3 N–H and O–H groups in total. The summed E-state index contributed by atoms with van der Waals surface area (Å²) < 4.78 is 8.96. The average molecular weight is 187 g/mol. The third kappa shape index (κ3) is 57.7. The molecule has 0 amide bonds.